The van der Waals surface area contributed by atoms with E-state index in [4.69, 9.17) is 0 Å². The van der Waals surface area contributed by atoms with E-state index in [0.717, 1.165) is 5.56 Å². The monoisotopic (exact) mass is 237 g/mol. The summed E-state index contributed by atoms with van der Waals surface area (Å²) < 4.78 is 25.8. The summed E-state index contributed by atoms with van der Waals surface area (Å²) in [7, 11) is -3.33. The van der Waals surface area contributed by atoms with Crippen LogP contribution in [0.5, 0.6) is 0 Å². The highest BCUT2D eigenvalue weighted by molar-refractivity contribution is 7.89. The van der Waals surface area contributed by atoms with Crippen molar-refractivity contribution in [3.63, 3.8) is 0 Å². The van der Waals surface area contributed by atoms with Gasteiger partial charge >= 0.3 is 0 Å². The summed E-state index contributed by atoms with van der Waals surface area (Å²) >= 11 is 0. The third kappa shape index (κ3) is 1.68. The summed E-state index contributed by atoms with van der Waals surface area (Å²) in [5.74, 6) is 0. The smallest absolute Gasteiger partial charge is 0.207 e. The highest BCUT2D eigenvalue weighted by atomic mass is 32.2. The van der Waals surface area contributed by atoms with Gasteiger partial charge in [0.1, 0.15) is 0 Å². The highest BCUT2D eigenvalue weighted by Gasteiger charge is 2.50. The molecular weight excluding hydrogens is 222 g/mol. The van der Waals surface area contributed by atoms with Gasteiger partial charge in [-0.15, -0.1) is 6.58 Å². The number of aryl methyl sites for hydroxylation is 1. The lowest BCUT2D eigenvalue weighted by atomic mass is 10.2. The lowest BCUT2D eigenvalue weighted by Gasteiger charge is -2.05. The third-order valence-electron chi connectivity index (χ3n) is 2.94. The molecule has 16 heavy (non-hydrogen) atoms. The van der Waals surface area contributed by atoms with Crippen LogP contribution in [0.2, 0.25) is 0 Å². The second-order valence-electron chi connectivity index (χ2n) is 4.11. The van der Waals surface area contributed by atoms with E-state index in [1.807, 2.05) is 26.0 Å². The first-order valence-electron chi connectivity index (χ1n) is 5.21. The molecule has 0 bridgehead atoms. The highest BCUT2D eigenvalue weighted by Crippen LogP contribution is 2.35. The lowest BCUT2D eigenvalue weighted by molar-refractivity contribution is 0.552. The summed E-state index contributed by atoms with van der Waals surface area (Å²) in [6, 6.07) is 6.90. The van der Waals surface area contributed by atoms with Crippen molar-refractivity contribution in [1.82, 2.24) is 4.31 Å². The zero-order chi connectivity index (χ0) is 11.9. The quantitative estimate of drug-likeness (QED) is 0.595. The molecule has 1 aromatic carbocycles. The van der Waals surface area contributed by atoms with Crippen molar-refractivity contribution in [2.24, 2.45) is 0 Å². The van der Waals surface area contributed by atoms with E-state index in [-0.39, 0.29) is 12.1 Å². The summed E-state index contributed by atoms with van der Waals surface area (Å²) in [4.78, 5) is 0.356. The van der Waals surface area contributed by atoms with Crippen LogP contribution in [-0.4, -0.2) is 24.8 Å². The fourth-order valence-corrected chi connectivity index (χ4v) is 3.67. The van der Waals surface area contributed by atoms with Crippen LogP contribution in [0.1, 0.15) is 12.5 Å². The van der Waals surface area contributed by atoms with Crippen molar-refractivity contribution in [1.29, 1.82) is 0 Å². The van der Waals surface area contributed by atoms with E-state index in [9.17, 15) is 8.42 Å². The van der Waals surface area contributed by atoms with Gasteiger partial charge < -0.3 is 0 Å². The van der Waals surface area contributed by atoms with Gasteiger partial charge in [0.2, 0.25) is 10.0 Å². The molecule has 1 saturated heterocycles. The topological polar surface area (TPSA) is 37.1 Å². The van der Waals surface area contributed by atoms with Gasteiger partial charge in [0.25, 0.3) is 0 Å². The molecule has 0 N–H and O–H groups in total. The van der Waals surface area contributed by atoms with E-state index >= 15 is 0 Å². The van der Waals surface area contributed by atoms with Crippen molar-refractivity contribution in [3.8, 4) is 0 Å². The molecule has 1 aliphatic heterocycles. The summed E-state index contributed by atoms with van der Waals surface area (Å²) in [5.41, 5.74) is 1.05. The van der Waals surface area contributed by atoms with Crippen LogP contribution in [-0.2, 0) is 10.0 Å². The number of hydrogen-bond acceptors (Lipinski definition) is 2. The fraction of sp³-hybridized carbons (Fsp3) is 0.333. The minimum atomic E-state index is -3.33. The fourth-order valence-electron chi connectivity index (χ4n) is 1.86. The second kappa shape index (κ2) is 3.71. The van der Waals surface area contributed by atoms with Crippen LogP contribution in [0.15, 0.2) is 41.8 Å². The SMILES string of the molecule is C=C[C@H]1[C@H](C)N1S(=O)(=O)c1ccc(C)cc1. The molecule has 1 aromatic rings. The van der Waals surface area contributed by atoms with Crippen LogP contribution in [0, 0.1) is 6.92 Å². The molecular formula is C12H15NO2S. The van der Waals surface area contributed by atoms with E-state index in [0.29, 0.717) is 4.90 Å². The Morgan fingerprint density at radius 3 is 2.31 bits per heavy atom. The molecule has 3 atom stereocenters. The molecule has 1 fully saturated rings. The summed E-state index contributed by atoms with van der Waals surface area (Å²) in [6.07, 6.45) is 1.68. The molecule has 0 aliphatic carbocycles. The molecule has 0 aromatic heterocycles. The average molecular weight is 237 g/mol. The maximum absolute atomic E-state index is 12.2. The first-order chi connectivity index (χ1) is 7.48. The van der Waals surface area contributed by atoms with Crippen LogP contribution in [0.25, 0.3) is 0 Å². The first kappa shape index (κ1) is 11.4. The molecule has 4 heteroatoms. The predicted molar refractivity (Wildman–Crippen MR) is 63.7 cm³/mol. The Bertz CT molecular complexity index is 504. The zero-order valence-electron chi connectivity index (χ0n) is 9.42. The Kier molecular flexibility index (Phi) is 2.64. The van der Waals surface area contributed by atoms with Crippen molar-refractivity contribution >= 4 is 10.0 Å². The Balaban J connectivity index is 2.34. The minimum absolute atomic E-state index is 0.0313. The van der Waals surface area contributed by atoms with Crippen molar-refractivity contribution < 1.29 is 8.42 Å². The minimum Gasteiger partial charge on any atom is -0.207 e. The van der Waals surface area contributed by atoms with Crippen LogP contribution < -0.4 is 0 Å². The predicted octanol–water partition coefficient (Wildman–Crippen LogP) is 1.94. The van der Waals surface area contributed by atoms with Crippen LogP contribution in [0.4, 0.5) is 0 Å². The van der Waals surface area contributed by atoms with Crippen molar-refractivity contribution in [2.45, 2.75) is 30.8 Å². The molecule has 2 rings (SSSR count). The van der Waals surface area contributed by atoms with Gasteiger partial charge in [0.05, 0.1) is 10.9 Å². The average Bonchev–Trinajstić information content (AvgIpc) is 2.90. The Labute approximate surface area is 96.4 Å². The van der Waals surface area contributed by atoms with Gasteiger partial charge in [-0.25, -0.2) is 8.42 Å². The number of rotatable bonds is 3. The maximum Gasteiger partial charge on any atom is 0.243 e. The zero-order valence-corrected chi connectivity index (χ0v) is 10.2. The molecule has 0 radical (unpaired) electrons. The molecule has 0 spiro atoms. The van der Waals surface area contributed by atoms with Gasteiger partial charge in [-0.2, -0.15) is 4.31 Å². The number of benzene rings is 1. The van der Waals surface area contributed by atoms with E-state index in [1.165, 1.54) is 4.31 Å². The molecule has 1 aliphatic rings. The van der Waals surface area contributed by atoms with E-state index < -0.39 is 10.0 Å². The molecule has 3 nitrogen and oxygen atoms in total. The molecule has 86 valence electrons. The standard InChI is InChI=1S/C12H15NO2S/c1-4-12-10(3)13(12)16(14,15)11-7-5-9(2)6-8-11/h4-8,10,12H,1H2,2-3H3/t10-,12-,13?/m0/s1. The van der Waals surface area contributed by atoms with Gasteiger partial charge in [0, 0.05) is 6.04 Å². The van der Waals surface area contributed by atoms with Crippen molar-refractivity contribution in [3.05, 3.63) is 42.5 Å². The Morgan fingerprint density at radius 1 is 1.31 bits per heavy atom. The van der Waals surface area contributed by atoms with Gasteiger partial charge in [-0.05, 0) is 26.0 Å². The Hall–Kier alpha value is -1.13. The molecule has 1 unspecified atom stereocenters. The Morgan fingerprint density at radius 2 is 1.88 bits per heavy atom. The normalized spacial score (nSPS) is 28.8. The van der Waals surface area contributed by atoms with Crippen LogP contribution >= 0.6 is 0 Å². The third-order valence-corrected chi connectivity index (χ3v) is 4.94. The number of hydrogen-bond donors (Lipinski definition) is 0. The first-order valence-corrected chi connectivity index (χ1v) is 6.65. The van der Waals surface area contributed by atoms with Gasteiger partial charge in [-0.1, -0.05) is 23.8 Å². The van der Waals surface area contributed by atoms with E-state index in [2.05, 4.69) is 6.58 Å². The largest absolute Gasteiger partial charge is 0.243 e. The van der Waals surface area contributed by atoms with Gasteiger partial charge in [0.15, 0.2) is 0 Å². The number of sulfonamides is 1. The maximum atomic E-state index is 12.2. The molecule has 0 amide bonds. The van der Waals surface area contributed by atoms with Crippen LogP contribution in [0.3, 0.4) is 0 Å². The summed E-state index contributed by atoms with van der Waals surface area (Å²) in [6.45, 7) is 7.46. The van der Waals surface area contributed by atoms with Crippen molar-refractivity contribution in [2.75, 3.05) is 0 Å². The molecule has 0 saturated carbocycles. The van der Waals surface area contributed by atoms with Gasteiger partial charge in [-0.3, -0.25) is 0 Å². The second-order valence-corrected chi connectivity index (χ2v) is 5.96. The van der Waals surface area contributed by atoms with E-state index in [1.54, 1.807) is 18.2 Å². The molecule has 1 heterocycles. The lowest BCUT2D eigenvalue weighted by Crippen LogP contribution is -2.15. The number of nitrogens with zero attached hydrogens (tertiary/aromatic N) is 1. The summed E-state index contributed by atoms with van der Waals surface area (Å²) in [5, 5.41) is 0.